The van der Waals surface area contributed by atoms with Crippen LogP contribution in [-0.2, 0) is 0 Å². The van der Waals surface area contributed by atoms with Gasteiger partial charge in [-0.05, 0) is 12.1 Å². The van der Waals surface area contributed by atoms with Gasteiger partial charge in [-0.25, -0.2) is 9.78 Å². The molecule has 4 nitrogen and oxygen atoms in total. The standard InChI is InChI=1S/C10H5ClN2O2/c11-8-5-4-7(3-1-2-6-12)9(13-8)10(14)15/h4-5H,2H2,(H,14,15). The molecule has 0 spiro atoms. The van der Waals surface area contributed by atoms with Crippen molar-refractivity contribution in [2.75, 3.05) is 0 Å². The van der Waals surface area contributed by atoms with Crippen molar-refractivity contribution in [3.8, 4) is 17.9 Å². The number of aromatic carboxylic acids is 1. The molecule has 0 atom stereocenters. The van der Waals surface area contributed by atoms with Crippen molar-refractivity contribution < 1.29 is 9.90 Å². The van der Waals surface area contributed by atoms with Crippen LogP contribution in [0, 0.1) is 23.2 Å². The largest absolute Gasteiger partial charge is 0.476 e. The van der Waals surface area contributed by atoms with Crippen molar-refractivity contribution in [3.63, 3.8) is 0 Å². The lowest BCUT2D eigenvalue weighted by molar-refractivity contribution is 0.0690. The van der Waals surface area contributed by atoms with E-state index in [2.05, 4.69) is 16.8 Å². The third-order valence-corrected chi connectivity index (χ3v) is 1.66. The summed E-state index contributed by atoms with van der Waals surface area (Å²) in [5.41, 5.74) is 0.0510. The van der Waals surface area contributed by atoms with Gasteiger partial charge < -0.3 is 5.11 Å². The zero-order chi connectivity index (χ0) is 11.3. The Balaban J connectivity index is 3.15. The van der Waals surface area contributed by atoms with E-state index >= 15 is 0 Å². The molecule has 1 aromatic heterocycles. The maximum atomic E-state index is 10.8. The lowest BCUT2D eigenvalue weighted by atomic mass is 10.2. The fourth-order valence-corrected chi connectivity index (χ4v) is 1.03. The zero-order valence-electron chi connectivity index (χ0n) is 7.49. The minimum absolute atomic E-state index is 0.0433. The number of aromatic nitrogens is 1. The predicted molar refractivity (Wildman–Crippen MR) is 53.3 cm³/mol. The minimum Gasteiger partial charge on any atom is -0.476 e. The number of carboxylic acids is 1. The summed E-state index contributed by atoms with van der Waals surface area (Å²) in [5.74, 6) is 3.86. The third kappa shape index (κ3) is 2.98. The average Bonchev–Trinajstić information content (AvgIpc) is 2.20. The fraction of sp³-hybridized carbons (Fsp3) is 0.100. The number of hydrogen-bond donors (Lipinski definition) is 1. The highest BCUT2D eigenvalue weighted by atomic mass is 35.5. The summed E-state index contributed by atoms with van der Waals surface area (Å²) in [7, 11) is 0. The molecule has 1 heterocycles. The lowest BCUT2D eigenvalue weighted by Gasteiger charge is -1.97. The maximum Gasteiger partial charge on any atom is 0.355 e. The Bertz CT molecular complexity index is 494. The lowest BCUT2D eigenvalue weighted by Crippen LogP contribution is -2.03. The van der Waals surface area contributed by atoms with Crippen LogP contribution in [0.5, 0.6) is 0 Å². The molecule has 0 saturated carbocycles. The molecule has 1 rings (SSSR count). The highest BCUT2D eigenvalue weighted by molar-refractivity contribution is 6.29. The Morgan fingerprint density at radius 1 is 1.60 bits per heavy atom. The molecule has 0 radical (unpaired) electrons. The number of carbonyl (C=O) groups is 1. The van der Waals surface area contributed by atoms with E-state index in [0.29, 0.717) is 0 Å². The molecule has 0 aliphatic carbocycles. The highest BCUT2D eigenvalue weighted by Gasteiger charge is 2.10. The van der Waals surface area contributed by atoms with Crippen LogP contribution in [0.4, 0.5) is 0 Å². The normalized spacial score (nSPS) is 8.53. The van der Waals surface area contributed by atoms with Gasteiger partial charge in [-0.3, -0.25) is 0 Å². The molecule has 0 aromatic carbocycles. The third-order valence-electron chi connectivity index (χ3n) is 1.45. The summed E-state index contributed by atoms with van der Waals surface area (Å²) >= 11 is 5.55. The van der Waals surface area contributed by atoms with Gasteiger partial charge in [0, 0.05) is 0 Å². The van der Waals surface area contributed by atoms with Crippen molar-refractivity contribution in [1.82, 2.24) is 4.98 Å². The van der Waals surface area contributed by atoms with E-state index in [9.17, 15) is 4.79 Å². The molecule has 0 bridgehead atoms. The van der Waals surface area contributed by atoms with E-state index in [4.69, 9.17) is 22.0 Å². The summed E-state index contributed by atoms with van der Waals surface area (Å²) in [5, 5.41) is 17.1. The van der Waals surface area contributed by atoms with Crippen LogP contribution in [-0.4, -0.2) is 16.1 Å². The number of halogens is 1. The van der Waals surface area contributed by atoms with E-state index in [-0.39, 0.29) is 22.8 Å². The molecule has 0 saturated heterocycles. The van der Waals surface area contributed by atoms with E-state index < -0.39 is 5.97 Å². The van der Waals surface area contributed by atoms with Gasteiger partial charge in [0.05, 0.1) is 18.1 Å². The van der Waals surface area contributed by atoms with Crippen molar-refractivity contribution in [3.05, 3.63) is 28.5 Å². The SMILES string of the molecule is N#CCC#Cc1ccc(Cl)nc1C(=O)O. The van der Waals surface area contributed by atoms with Gasteiger partial charge >= 0.3 is 5.97 Å². The molecule has 0 aliphatic heterocycles. The second-order valence-corrected chi connectivity index (χ2v) is 2.86. The number of hydrogen-bond acceptors (Lipinski definition) is 3. The fourth-order valence-electron chi connectivity index (χ4n) is 0.878. The number of nitrogens with zero attached hydrogens (tertiary/aromatic N) is 2. The summed E-state index contributed by atoms with van der Waals surface area (Å²) in [4.78, 5) is 14.4. The van der Waals surface area contributed by atoms with Gasteiger partial charge in [-0.15, -0.1) is 0 Å². The summed E-state index contributed by atoms with van der Waals surface area (Å²) in [6.07, 6.45) is 0.0433. The van der Waals surface area contributed by atoms with Crippen LogP contribution < -0.4 is 0 Å². The summed E-state index contributed by atoms with van der Waals surface area (Å²) < 4.78 is 0. The Kier molecular flexibility index (Phi) is 3.68. The first-order valence-electron chi connectivity index (χ1n) is 3.91. The van der Waals surface area contributed by atoms with Crippen LogP contribution in [0.2, 0.25) is 5.15 Å². The zero-order valence-corrected chi connectivity index (χ0v) is 8.25. The molecule has 1 aromatic rings. The van der Waals surface area contributed by atoms with Crippen LogP contribution >= 0.6 is 11.6 Å². The van der Waals surface area contributed by atoms with Crippen molar-refractivity contribution in [2.24, 2.45) is 0 Å². The Morgan fingerprint density at radius 2 is 2.33 bits per heavy atom. The van der Waals surface area contributed by atoms with Crippen LogP contribution in [0.1, 0.15) is 22.5 Å². The molecular weight excluding hydrogens is 216 g/mol. The summed E-state index contributed by atoms with van der Waals surface area (Å²) in [6, 6.07) is 4.74. The molecule has 0 aliphatic rings. The summed E-state index contributed by atoms with van der Waals surface area (Å²) in [6.45, 7) is 0. The number of nitriles is 1. The highest BCUT2D eigenvalue weighted by Crippen LogP contribution is 2.10. The first kappa shape index (κ1) is 11.0. The molecule has 0 fully saturated rings. The van der Waals surface area contributed by atoms with E-state index in [1.165, 1.54) is 12.1 Å². The van der Waals surface area contributed by atoms with Gasteiger partial charge in [-0.1, -0.05) is 23.4 Å². The molecule has 5 heteroatoms. The number of carboxylic acid groups (broad SMARTS) is 1. The number of pyridine rings is 1. The van der Waals surface area contributed by atoms with Gasteiger partial charge in [0.2, 0.25) is 0 Å². The topological polar surface area (TPSA) is 74.0 Å². The molecule has 0 amide bonds. The molecule has 1 N–H and O–H groups in total. The van der Waals surface area contributed by atoms with Crippen molar-refractivity contribution in [2.45, 2.75) is 6.42 Å². The average molecular weight is 221 g/mol. The van der Waals surface area contributed by atoms with Crippen LogP contribution in [0.25, 0.3) is 0 Å². The quantitative estimate of drug-likeness (QED) is 0.577. The van der Waals surface area contributed by atoms with E-state index in [1.54, 1.807) is 0 Å². The van der Waals surface area contributed by atoms with Gasteiger partial charge in [-0.2, -0.15) is 5.26 Å². The van der Waals surface area contributed by atoms with E-state index in [1.807, 2.05) is 6.07 Å². The Hall–Kier alpha value is -2.04. The molecular formula is C10H5ClN2O2. The smallest absolute Gasteiger partial charge is 0.355 e. The maximum absolute atomic E-state index is 10.8. The van der Waals surface area contributed by atoms with Gasteiger partial charge in [0.25, 0.3) is 0 Å². The van der Waals surface area contributed by atoms with E-state index in [0.717, 1.165) is 0 Å². The second kappa shape index (κ2) is 4.99. The Labute approximate surface area is 91.1 Å². The predicted octanol–water partition coefficient (Wildman–Crippen LogP) is 1.70. The van der Waals surface area contributed by atoms with Crippen LogP contribution in [0.3, 0.4) is 0 Å². The first-order chi connectivity index (χ1) is 7.15. The van der Waals surface area contributed by atoms with Gasteiger partial charge in [0.1, 0.15) is 5.15 Å². The van der Waals surface area contributed by atoms with Crippen molar-refractivity contribution in [1.29, 1.82) is 5.26 Å². The molecule has 74 valence electrons. The molecule has 15 heavy (non-hydrogen) atoms. The van der Waals surface area contributed by atoms with Crippen molar-refractivity contribution >= 4 is 17.6 Å². The van der Waals surface area contributed by atoms with Crippen LogP contribution in [0.15, 0.2) is 12.1 Å². The van der Waals surface area contributed by atoms with Gasteiger partial charge in [0.15, 0.2) is 5.69 Å². The second-order valence-electron chi connectivity index (χ2n) is 2.47. The first-order valence-corrected chi connectivity index (χ1v) is 4.28. The Morgan fingerprint density at radius 3 is 2.93 bits per heavy atom. The molecule has 0 unspecified atom stereocenters. The minimum atomic E-state index is -1.20. The monoisotopic (exact) mass is 220 g/mol. The number of rotatable bonds is 1.